The van der Waals surface area contributed by atoms with Crippen LogP contribution in [-0.4, -0.2) is 26.2 Å². The lowest BCUT2D eigenvalue weighted by atomic mass is 10.4. The second-order valence-corrected chi connectivity index (χ2v) is 10.1. The van der Waals surface area contributed by atoms with Crippen molar-refractivity contribution in [1.29, 1.82) is 0 Å². The van der Waals surface area contributed by atoms with Gasteiger partial charge in [0.25, 0.3) is 0 Å². The largest absolute Gasteiger partial charge is 0.398 e. The molecule has 0 unspecified atom stereocenters. The molecule has 0 aromatic carbocycles. The number of hydrogen-bond acceptors (Lipinski definition) is 5. The van der Waals surface area contributed by atoms with Crippen LogP contribution in [0.15, 0.2) is 0 Å². The molecule has 0 atom stereocenters. The summed E-state index contributed by atoms with van der Waals surface area (Å²) in [5, 5.41) is 0. The van der Waals surface area contributed by atoms with E-state index in [1.54, 1.807) is 14.2 Å². The van der Waals surface area contributed by atoms with Gasteiger partial charge >= 0.3 is 8.56 Å². The van der Waals surface area contributed by atoms with Gasteiger partial charge in [-0.1, -0.05) is 0 Å². The van der Waals surface area contributed by atoms with Crippen molar-refractivity contribution in [2.75, 3.05) is 14.2 Å². The molecule has 80 valence electrons. The zero-order valence-corrected chi connectivity index (χ0v) is 12.0. The van der Waals surface area contributed by atoms with E-state index in [0.717, 1.165) is 18.9 Å². The zero-order chi connectivity index (χ0) is 10.5. The van der Waals surface area contributed by atoms with Crippen molar-refractivity contribution in [3.8, 4) is 0 Å². The quantitative estimate of drug-likeness (QED) is 0.386. The maximum absolute atomic E-state index is 5.34. The molecular formula is C7H18O2S3Si. The normalized spacial score (nSPS) is 13.4. The summed E-state index contributed by atoms with van der Waals surface area (Å²) < 4.78 is 10.2. The van der Waals surface area contributed by atoms with E-state index in [4.69, 9.17) is 8.85 Å². The van der Waals surface area contributed by atoms with E-state index in [1.807, 2.05) is 6.55 Å². The second kappa shape index (κ2) is 5.92. The summed E-state index contributed by atoms with van der Waals surface area (Å²) in [7, 11) is 1.50. The highest BCUT2D eigenvalue weighted by molar-refractivity contribution is 8.16. The van der Waals surface area contributed by atoms with Gasteiger partial charge in [0, 0.05) is 14.2 Å². The Balaban J connectivity index is 3.74. The summed E-state index contributed by atoms with van der Waals surface area (Å²) in [5.74, 6) is 0. The minimum absolute atomic E-state index is 0.489. The molecule has 0 aromatic heterocycles. The van der Waals surface area contributed by atoms with Gasteiger partial charge in [0.05, 0.1) is 3.41 Å². The van der Waals surface area contributed by atoms with E-state index < -0.39 is 12.0 Å². The topological polar surface area (TPSA) is 18.5 Å². The Hall–Kier alpha value is 1.19. The van der Waals surface area contributed by atoms with E-state index in [9.17, 15) is 0 Å². The van der Waals surface area contributed by atoms with Crippen LogP contribution < -0.4 is 0 Å². The molecule has 2 nitrogen and oxygen atoms in total. The van der Waals surface area contributed by atoms with Gasteiger partial charge in [0.15, 0.2) is 0 Å². The van der Waals surface area contributed by atoms with Crippen molar-refractivity contribution >= 4 is 46.4 Å². The molecular weight excluding hydrogens is 240 g/mol. The average molecular weight is 259 g/mol. The van der Waals surface area contributed by atoms with Crippen LogP contribution in [0.25, 0.3) is 0 Å². The van der Waals surface area contributed by atoms with E-state index in [0.29, 0.717) is 0 Å². The predicted molar refractivity (Wildman–Crippen MR) is 69.4 cm³/mol. The molecule has 6 heteroatoms. The van der Waals surface area contributed by atoms with Crippen LogP contribution >= 0.6 is 37.9 Å². The van der Waals surface area contributed by atoms with Gasteiger partial charge in [-0.3, -0.25) is 0 Å². The fourth-order valence-electron chi connectivity index (χ4n) is 0.934. The predicted octanol–water partition coefficient (Wildman–Crippen LogP) is 2.57. The Labute approximate surface area is 98.2 Å². The van der Waals surface area contributed by atoms with Crippen LogP contribution in [0.2, 0.25) is 12.6 Å². The van der Waals surface area contributed by atoms with E-state index in [2.05, 4.69) is 37.9 Å². The van der Waals surface area contributed by atoms with Crippen molar-refractivity contribution in [1.82, 2.24) is 0 Å². The molecule has 0 aliphatic heterocycles. The van der Waals surface area contributed by atoms with Crippen LogP contribution in [0.5, 0.6) is 0 Å². The molecule has 0 spiro atoms. The Kier molecular flexibility index (Phi) is 6.46. The summed E-state index contributed by atoms with van der Waals surface area (Å²) in [4.78, 5) is 0. The zero-order valence-electron chi connectivity index (χ0n) is 8.28. The highest BCUT2D eigenvalue weighted by Crippen LogP contribution is 2.31. The third kappa shape index (κ3) is 7.16. The van der Waals surface area contributed by atoms with Gasteiger partial charge in [0.1, 0.15) is 0 Å². The molecule has 13 heavy (non-hydrogen) atoms. The van der Waals surface area contributed by atoms with E-state index in [1.165, 1.54) is 0 Å². The van der Waals surface area contributed by atoms with Gasteiger partial charge < -0.3 is 8.85 Å². The van der Waals surface area contributed by atoms with Gasteiger partial charge in [-0.05, 0) is 25.4 Å². The standard InChI is InChI=1S/C7H18O2S3Si/c1-8-13(3,9-2)6-4-5-7(10,11)12/h10-12H,4-6H2,1-3H3. The van der Waals surface area contributed by atoms with Crippen LogP contribution in [-0.2, 0) is 8.85 Å². The molecule has 0 aromatic rings. The van der Waals surface area contributed by atoms with E-state index in [-0.39, 0.29) is 0 Å². The lowest BCUT2D eigenvalue weighted by Crippen LogP contribution is -2.36. The summed E-state index contributed by atoms with van der Waals surface area (Å²) >= 11 is 12.6. The molecule has 0 aliphatic rings. The molecule has 0 saturated heterocycles. The van der Waals surface area contributed by atoms with Gasteiger partial charge in [-0.2, -0.15) is 37.9 Å². The minimum atomic E-state index is -1.90. The molecule has 0 heterocycles. The van der Waals surface area contributed by atoms with Gasteiger partial charge in [0.2, 0.25) is 0 Å². The maximum Gasteiger partial charge on any atom is 0.334 e. The lowest BCUT2D eigenvalue weighted by Gasteiger charge is -2.24. The molecule has 0 amide bonds. The molecule has 0 radical (unpaired) electrons. The first-order valence-electron chi connectivity index (χ1n) is 4.10. The first-order chi connectivity index (χ1) is 5.83. The summed E-state index contributed by atoms with van der Waals surface area (Å²) in [6.07, 6.45) is 1.80. The Morgan fingerprint density at radius 2 is 1.62 bits per heavy atom. The van der Waals surface area contributed by atoms with Crippen molar-refractivity contribution in [3.63, 3.8) is 0 Å². The van der Waals surface area contributed by atoms with Crippen LogP contribution in [0.4, 0.5) is 0 Å². The maximum atomic E-state index is 5.34. The van der Waals surface area contributed by atoms with Crippen LogP contribution in [0.3, 0.4) is 0 Å². The Bertz CT molecular complexity index is 145. The van der Waals surface area contributed by atoms with E-state index >= 15 is 0 Å². The van der Waals surface area contributed by atoms with Crippen molar-refractivity contribution in [3.05, 3.63) is 0 Å². The molecule has 0 bridgehead atoms. The fraction of sp³-hybridized carbons (Fsp3) is 1.00. The highest BCUT2D eigenvalue weighted by atomic mass is 32.2. The van der Waals surface area contributed by atoms with Gasteiger partial charge in [-0.15, -0.1) is 0 Å². The molecule has 0 aliphatic carbocycles. The summed E-state index contributed by atoms with van der Waals surface area (Å²) in [6, 6.07) is 0.948. The molecule has 0 fully saturated rings. The van der Waals surface area contributed by atoms with Crippen LogP contribution in [0.1, 0.15) is 12.8 Å². The van der Waals surface area contributed by atoms with Crippen molar-refractivity contribution in [2.24, 2.45) is 0 Å². The van der Waals surface area contributed by atoms with Gasteiger partial charge in [-0.25, -0.2) is 0 Å². The third-order valence-electron chi connectivity index (χ3n) is 2.01. The highest BCUT2D eigenvalue weighted by Gasteiger charge is 2.28. The monoisotopic (exact) mass is 258 g/mol. The average Bonchev–Trinajstić information content (AvgIpc) is 2.02. The van der Waals surface area contributed by atoms with Crippen molar-refractivity contribution in [2.45, 2.75) is 28.8 Å². The number of hydrogen-bond donors (Lipinski definition) is 3. The number of thiol groups is 3. The summed E-state index contributed by atoms with van der Waals surface area (Å²) in [5.41, 5.74) is 0. The lowest BCUT2D eigenvalue weighted by molar-refractivity contribution is 0.248. The SMILES string of the molecule is CO[Si](C)(CCCC(S)(S)S)OC. The second-order valence-electron chi connectivity index (χ2n) is 3.17. The molecule has 0 rings (SSSR count). The number of rotatable bonds is 6. The minimum Gasteiger partial charge on any atom is -0.398 e. The smallest absolute Gasteiger partial charge is 0.334 e. The Morgan fingerprint density at radius 1 is 1.15 bits per heavy atom. The fourth-order valence-corrected chi connectivity index (χ4v) is 2.80. The first kappa shape index (κ1) is 14.2. The molecule has 0 saturated carbocycles. The Morgan fingerprint density at radius 3 is 1.92 bits per heavy atom. The summed E-state index contributed by atoms with van der Waals surface area (Å²) in [6.45, 7) is 2.05. The molecule has 0 N–H and O–H groups in total. The van der Waals surface area contributed by atoms with Crippen molar-refractivity contribution < 1.29 is 8.85 Å². The first-order valence-corrected chi connectivity index (χ1v) is 7.97. The van der Waals surface area contributed by atoms with Crippen LogP contribution in [0, 0.1) is 0 Å². The third-order valence-corrected chi connectivity index (χ3v) is 5.67.